The molecule has 0 saturated heterocycles. The van der Waals surface area contributed by atoms with E-state index >= 15 is 0 Å². The maximum absolute atomic E-state index is 12.1. The normalized spacial score (nSPS) is 22.2. The zero-order valence-electron chi connectivity index (χ0n) is 20.3. The summed E-state index contributed by atoms with van der Waals surface area (Å²) in [5.74, 6) is 1.41. The third-order valence-corrected chi connectivity index (χ3v) is 6.29. The Bertz CT molecular complexity index is 484. The van der Waals surface area contributed by atoms with E-state index in [-0.39, 0.29) is 30.4 Å². The van der Waals surface area contributed by atoms with Crippen molar-refractivity contribution in [3.63, 3.8) is 0 Å². The third-order valence-electron chi connectivity index (χ3n) is 6.29. The minimum atomic E-state index is 0.130. The Morgan fingerprint density at radius 1 is 0.935 bits per heavy atom. The lowest BCUT2D eigenvalue weighted by Gasteiger charge is -2.29. The number of halogens is 1. The number of carbonyl (C=O) groups excluding carboxylic acids is 2. The lowest BCUT2D eigenvalue weighted by molar-refractivity contribution is -0.134. The highest BCUT2D eigenvalue weighted by Crippen LogP contribution is 2.27. The van der Waals surface area contributed by atoms with Gasteiger partial charge in [-0.2, -0.15) is 4.94 Å². The van der Waals surface area contributed by atoms with Gasteiger partial charge in [0.2, 0.25) is 5.91 Å². The van der Waals surface area contributed by atoms with Crippen molar-refractivity contribution in [2.75, 3.05) is 13.2 Å². The summed E-state index contributed by atoms with van der Waals surface area (Å²) in [5, 5.41) is 3.14. The number of ketones is 1. The molecule has 1 N–H and O–H groups in total. The molecular formula is C25H46FNO4. The minimum absolute atomic E-state index is 0.130. The number of hydrogen-bond donors (Lipinski definition) is 1. The Morgan fingerprint density at radius 2 is 1.58 bits per heavy atom. The Balaban J connectivity index is 0.000000592. The zero-order chi connectivity index (χ0) is 23.1. The van der Waals surface area contributed by atoms with Gasteiger partial charge >= 0.3 is 0 Å². The first-order valence-electron chi connectivity index (χ1n) is 12.5. The van der Waals surface area contributed by atoms with Crippen LogP contribution in [0.1, 0.15) is 105 Å². The van der Waals surface area contributed by atoms with Gasteiger partial charge in [-0.25, -0.2) is 0 Å². The van der Waals surface area contributed by atoms with Crippen LogP contribution in [0.25, 0.3) is 0 Å². The van der Waals surface area contributed by atoms with Crippen molar-refractivity contribution in [1.29, 1.82) is 0 Å². The van der Waals surface area contributed by atoms with E-state index in [1.54, 1.807) is 0 Å². The summed E-state index contributed by atoms with van der Waals surface area (Å²) in [6.07, 6.45) is 12.6. The minimum Gasteiger partial charge on any atom is -0.378 e. The quantitative estimate of drug-likeness (QED) is 0.401. The van der Waals surface area contributed by atoms with E-state index in [4.69, 9.17) is 4.74 Å². The molecule has 2 rings (SSSR count). The van der Waals surface area contributed by atoms with Gasteiger partial charge in [-0.3, -0.25) is 9.59 Å². The summed E-state index contributed by atoms with van der Waals surface area (Å²) < 4.78 is 16.7. The van der Waals surface area contributed by atoms with E-state index in [9.17, 15) is 14.1 Å². The zero-order valence-corrected chi connectivity index (χ0v) is 20.3. The molecule has 1 amide bonds. The number of Topliss-reactive ketones (excluding diaryl/α,β-unsaturated/α-hetero) is 1. The van der Waals surface area contributed by atoms with Gasteiger partial charge in [-0.1, -0.05) is 47.0 Å². The summed E-state index contributed by atoms with van der Waals surface area (Å²) in [6, 6.07) is 0.257. The van der Waals surface area contributed by atoms with Crippen LogP contribution in [0.15, 0.2) is 0 Å². The van der Waals surface area contributed by atoms with E-state index in [0.717, 1.165) is 38.5 Å². The summed E-state index contributed by atoms with van der Waals surface area (Å²) in [6.45, 7) is 8.95. The molecule has 2 fully saturated rings. The standard InChI is InChI=1S/C20H35NO3.C5H11FO/c1-15(2)20(23)16-10-12-17(13-11-16)21-19(22)9-6-14-24-18-7-4-3-5-8-18;1-5(2)3-4-7-6/h15-18H,3-14H2,1-2H3,(H,21,22);5H,3-4H2,1-2H3. The second kappa shape index (κ2) is 16.6. The maximum atomic E-state index is 12.1. The largest absolute Gasteiger partial charge is 0.378 e. The molecule has 182 valence electrons. The fourth-order valence-electron chi connectivity index (χ4n) is 4.29. The number of rotatable bonds is 11. The Kier molecular flexibility index (Phi) is 15.0. The molecular weight excluding hydrogens is 397 g/mol. The van der Waals surface area contributed by atoms with Crippen LogP contribution >= 0.6 is 0 Å². The lowest BCUT2D eigenvalue weighted by Crippen LogP contribution is -2.39. The molecule has 0 aromatic rings. The highest BCUT2D eigenvalue weighted by atomic mass is 19.3. The van der Waals surface area contributed by atoms with Crippen LogP contribution in [0, 0.1) is 17.8 Å². The fourth-order valence-corrected chi connectivity index (χ4v) is 4.29. The van der Waals surface area contributed by atoms with E-state index < -0.39 is 0 Å². The van der Waals surface area contributed by atoms with Crippen LogP contribution in [-0.2, 0) is 19.3 Å². The molecule has 0 unspecified atom stereocenters. The molecule has 2 saturated carbocycles. The first-order chi connectivity index (χ1) is 14.8. The maximum Gasteiger partial charge on any atom is 0.220 e. The van der Waals surface area contributed by atoms with Gasteiger partial charge in [0, 0.05) is 30.9 Å². The van der Waals surface area contributed by atoms with E-state index in [1.807, 2.05) is 27.7 Å². The second-order valence-corrected chi connectivity index (χ2v) is 9.90. The van der Waals surface area contributed by atoms with Crippen molar-refractivity contribution in [1.82, 2.24) is 5.32 Å². The lowest BCUT2D eigenvalue weighted by atomic mass is 9.80. The molecule has 0 radical (unpaired) electrons. The Labute approximate surface area is 189 Å². The van der Waals surface area contributed by atoms with Crippen LogP contribution < -0.4 is 5.32 Å². The number of hydrogen-bond acceptors (Lipinski definition) is 4. The molecule has 31 heavy (non-hydrogen) atoms. The third kappa shape index (κ3) is 13.2. The van der Waals surface area contributed by atoms with Gasteiger partial charge < -0.3 is 10.1 Å². The molecule has 6 heteroatoms. The summed E-state index contributed by atoms with van der Waals surface area (Å²) in [4.78, 5) is 27.4. The predicted molar refractivity (Wildman–Crippen MR) is 122 cm³/mol. The second-order valence-electron chi connectivity index (χ2n) is 9.90. The molecule has 0 bridgehead atoms. The SMILES string of the molecule is CC(C)C(=O)C1CCC(NC(=O)CCCOC2CCCCC2)CC1.CC(C)CCOF. The number of amides is 1. The topological polar surface area (TPSA) is 64.6 Å². The first kappa shape index (κ1) is 28.0. The first-order valence-corrected chi connectivity index (χ1v) is 12.5. The monoisotopic (exact) mass is 443 g/mol. The van der Waals surface area contributed by atoms with Crippen molar-refractivity contribution < 1.29 is 23.8 Å². The molecule has 2 aliphatic rings. The molecule has 0 atom stereocenters. The van der Waals surface area contributed by atoms with Crippen molar-refractivity contribution in [2.24, 2.45) is 17.8 Å². The van der Waals surface area contributed by atoms with E-state index in [1.165, 1.54) is 32.1 Å². The highest BCUT2D eigenvalue weighted by molar-refractivity contribution is 5.83. The summed E-state index contributed by atoms with van der Waals surface area (Å²) in [5.41, 5.74) is 0. The Morgan fingerprint density at radius 3 is 2.10 bits per heavy atom. The fraction of sp³-hybridized carbons (Fsp3) is 0.920. The molecule has 0 aromatic heterocycles. The van der Waals surface area contributed by atoms with E-state index in [0.29, 0.717) is 30.8 Å². The summed E-state index contributed by atoms with van der Waals surface area (Å²) >= 11 is 0. The number of nitrogens with one attached hydrogen (secondary N) is 1. The average Bonchev–Trinajstić information content (AvgIpc) is 2.76. The number of carbonyl (C=O) groups is 2. The van der Waals surface area contributed by atoms with Crippen LogP contribution in [0.4, 0.5) is 4.53 Å². The van der Waals surface area contributed by atoms with Crippen LogP contribution in [-0.4, -0.2) is 37.0 Å². The molecule has 0 aromatic carbocycles. The number of ether oxygens (including phenoxy) is 1. The van der Waals surface area contributed by atoms with Crippen molar-refractivity contribution in [3.8, 4) is 0 Å². The smallest absolute Gasteiger partial charge is 0.220 e. The van der Waals surface area contributed by atoms with Crippen LogP contribution in [0.3, 0.4) is 0 Å². The van der Waals surface area contributed by atoms with Crippen molar-refractivity contribution >= 4 is 11.7 Å². The predicted octanol–water partition coefficient (Wildman–Crippen LogP) is 5.95. The van der Waals surface area contributed by atoms with Gasteiger partial charge in [0.1, 0.15) is 5.78 Å². The van der Waals surface area contributed by atoms with E-state index in [2.05, 4.69) is 10.3 Å². The van der Waals surface area contributed by atoms with Crippen molar-refractivity contribution in [2.45, 2.75) is 117 Å². The summed E-state index contributed by atoms with van der Waals surface area (Å²) in [7, 11) is 0. The van der Waals surface area contributed by atoms with Gasteiger partial charge in [0.15, 0.2) is 0 Å². The van der Waals surface area contributed by atoms with Gasteiger partial charge in [-0.15, -0.1) is 0 Å². The van der Waals surface area contributed by atoms with Crippen molar-refractivity contribution in [3.05, 3.63) is 0 Å². The average molecular weight is 444 g/mol. The van der Waals surface area contributed by atoms with Crippen LogP contribution in [0.2, 0.25) is 0 Å². The molecule has 5 nitrogen and oxygen atoms in total. The van der Waals surface area contributed by atoms with Crippen LogP contribution in [0.5, 0.6) is 0 Å². The van der Waals surface area contributed by atoms with Gasteiger partial charge in [0.05, 0.1) is 12.7 Å². The van der Waals surface area contributed by atoms with Gasteiger partial charge in [0.25, 0.3) is 0 Å². The molecule has 2 aliphatic carbocycles. The molecule has 0 aliphatic heterocycles. The Hall–Kier alpha value is -1.01. The molecule has 0 heterocycles. The van der Waals surface area contributed by atoms with Gasteiger partial charge in [-0.05, 0) is 61.8 Å². The highest BCUT2D eigenvalue weighted by Gasteiger charge is 2.28. The molecule has 0 spiro atoms.